The molecule has 0 saturated heterocycles. The third-order valence-corrected chi connectivity index (χ3v) is 2.48. The third kappa shape index (κ3) is 1.36. The van der Waals surface area contributed by atoms with E-state index >= 15 is 0 Å². The largest absolute Gasteiger partial charge is 0.508 e. The number of rotatable bonds is 1. The maximum Gasteiger partial charge on any atom is 0.370 e. The van der Waals surface area contributed by atoms with Gasteiger partial charge in [0.2, 0.25) is 0 Å². The molecule has 0 unspecified atom stereocenters. The molecule has 1 aromatic carbocycles. The summed E-state index contributed by atoms with van der Waals surface area (Å²) in [6.07, 6.45) is 0. The summed E-state index contributed by atoms with van der Waals surface area (Å²) < 4.78 is 1.06. The van der Waals surface area contributed by atoms with Crippen LogP contribution in [0.25, 0.3) is 16.6 Å². The van der Waals surface area contributed by atoms with Crippen molar-refractivity contribution in [1.82, 2.24) is 19.6 Å². The first-order valence-electron chi connectivity index (χ1n) is 4.90. The molecule has 0 atom stereocenters. The zero-order valence-electron chi connectivity index (χ0n) is 8.58. The van der Waals surface area contributed by atoms with Gasteiger partial charge in [-0.05, 0) is 18.2 Å². The number of H-pyrrole nitrogens is 1. The monoisotopic (exact) mass is 232 g/mol. The summed E-state index contributed by atoms with van der Waals surface area (Å²) in [7, 11) is 0. The molecule has 2 heterocycles. The van der Waals surface area contributed by atoms with Gasteiger partial charge in [0, 0.05) is 5.39 Å². The number of benzene rings is 1. The van der Waals surface area contributed by atoms with E-state index in [0.29, 0.717) is 16.6 Å². The Balaban J connectivity index is 2.56. The van der Waals surface area contributed by atoms with Crippen LogP contribution < -0.4 is 5.69 Å². The van der Waals surface area contributed by atoms with E-state index in [1.807, 2.05) is 0 Å². The third-order valence-electron chi connectivity index (χ3n) is 2.48. The van der Waals surface area contributed by atoms with Crippen molar-refractivity contribution in [3.63, 3.8) is 0 Å². The molecule has 86 valence electrons. The Kier molecular flexibility index (Phi) is 1.89. The van der Waals surface area contributed by atoms with E-state index in [1.54, 1.807) is 6.07 Å². The molecule has 0 spiro atoms. The molecule has 0 radical (unpaired) electrons. The Morgan fingerprint density at radius 1 is 1.41 bits per heavy atom. The lowest BCUT2D eigenvalue weighted by Gasteiger charge is -1.98. The second-order valence-corrected chi connectivity index (χ2v) is 3.59. The topological polar surface area (TPSA) is 104 Å². The number of phenolic OH excluding ortho intramolecular Hbond substituents is 1. The Bertz CT molecular complexity index is 774. The lowest BCUT2D eigenvalue weighted by Crippen LogP contribution is -2.17. The number of hydrogen-bond donors (Lipinski definition) is 3. The summed E-state index contributed by atoms with van der Waals surface area (Å²) in [6.45, 7) is -0.304. The fraction of sp³-hybridized carbons (Fsp3) is 0.100. The van der Waals surface area contributed by atoms with Crippen molar-refractivity contribution in [2.24, 2.45) is 0 Å². The number of aliphatic hydroxyl groups is 1. The Morgan fingerprint density at radius 2 is 2.24 bits per heavy atom. The summed E-state index contributed by atoms with van der Waals surface area (Å²) in [4.78, 5) is 18.3. The smallest absolute Gasteiger partial charge is 0.370 e. The second kappa shape index (κ2) is 3.29. The molecule has 0 amide bonds. The van der Waals surface area contributed by atoms with Crippen molar-refractivity contribution in [3.05, 3.63) is 34.5 Å². The number of aromatic hydroxyl groups is 1. The first-order valence-corrected chi connectivity index (χ1v) is 4.90. The fourth-order valence-electron chi connectivity index (χ4n) is 1.74. The van der Waals surface area contributed by atoms with Gasteiger partial charge in [0.05, 0.1) is 5.52 Å². The maximum atomic E-state index is 11.6. The van der Waals surface area contributed by atoms with Crippen LogP contribution in [0, 0.1) is 0 Å². The molecule has 0 aliphatic rings. The van der Waals surface area contributed by atoms with E-state index in [0.717, 1.165) is 4.52 Å². The van der Waals surface area contributed by atoms with E-state index in [1.165, 1.54) is 12.1 Å². The minimum atomic E-state index is -0.533. The summed E-state index contributed by atoms with van der Waals surface area (Å²) in [5, 5.41) is 22.8. The summed E-state index contributed by atoms with van der Waals surface area (Å²) in [5.74, 6) is 0.333. The highest BCUT2D eigenvalue weighted by molar-refractivity contribution is 5.91. The minimum absolute atomic E-state index is 0.0694. The van der Waals surface area contributed by atoms with Crippen LogP contribution in [0.4, 0.5) is 0 Å². The van der Waals surface area contributed by atoms with Crippen molar-refractivity contribution in [1.29, 1.82) is 0 Å². The number of nitrogens with zero attached hydrogens (tertiary/aromatic N) is 3. The average Bonchev–Trinajstić information content (AvgIpc) is 2.75. The SMILES string of the molecule is O=c1nc2ccc(O)cc2c2[nH]c(CO)nn12. The molecule has 2 aromatic heterocycles. The molecule has 17 heavy (non-hydrogen) atoms. The molecule has 0 saturated carbocycles. The van der Waals surface area contributed by atoms with Gasteiger partial charge in [-0.1, -0.05) is 0 Å². The summed E-state index contributed by atoms with van der Waals surface area (Å²) in [6, 6.07) is 4.48. The summed E-state index contributed by atoms with van der Waals surface area (Å²) in [5.41, 5.74) is 0.329. The predicted molar refractivity (Wildman–Crippen MR) is 58.7 cm³/mol. The maximum absolute atomic E-state index is 11.6. The van der Waals surface area contributed by atoms with Crippen LogP contribution in [-0.4, -0.2) is 29.8 Å². The van der Waals surface area contributed by atoms with Gasteiger partial charge < -0.3 is 15.2 Å². The van der Waals surface area contributed by atoms with Gasteiger partial charge in [0.25, 0.3) is 0 Å². The van der Waals surface area contributed by atoms with Crippen molar-refractivity contribution < 1.29 is 10.2 Å². The molecular weight excluding hydrogens is 224 g/mol. The number of aliphatic hydroxyl groups excluding tert-OH is 1. The molecule has 0 aliphatic carbocycles. The summed E-state index contributed by atoms with van der Waals surface area (Å²) >= 11 is 0. The Labute approximate surface area is 94.0 Å². The van der Waals surface area contributed by atoms with Crippen LogP contribution in [0.15, 0.2) is 23.0 Å². The lowest BCUT2D eigenvalue weighted by atomic mass is 10.2. The van der Waals surface area contributed by atoms with Gasteiger partial charge >= 0.3 is 5.69 Å². The van der Waals surface area contributed by atoms with Gasteiger partial charge in [-0.3, -0.25) is 0 Å². The van der Waals surface area contributed by atoms with E-state index < -0.39 is 5.69 Å². The average molecular weight is 232 g/mol. The van der Waals surface area contributed by atoms with Crippen LogP contribution in [0.5, 0.6) is 5.75 Å². The predicted octanol–water partition coefficient (Wildman–Crippen LogP) is -0.231. The molecular formula is C10H8N4O3. The van der Waals surface area contributed by atoms with E-state index in [4.69, 9.17) is 5.11 Å². The van der Waals surface area contributed by atoms with Crippen LogP contribution in [-0.2, 0) is 6.61 Å². The van der Waals surface area contributed by atoms with E-state index in [-0.39, 0.29) is 18.2 Å². The first-order chi connectivity index (χ1) is 8.19. The van der Waals surface area contributed by atoms with Crippen LogP contribution in [0.2, 0.25) is 0 Å². The van der Waals surface area contributed by atoms with Gasteiger partial charge in [-0.25, -0.2) is 4.79 Å². The second-order valence-electron chi connectivity index (χ2n) is 3.59. The highest BCUT2D eigenvalue weighted by atomic mass is 16.3. The van der Waals surface area contributed by atoms with Crippen molar-refractivity contribution >= 4 is 16.6 Å². The zero-order valence-corrected chi connectivity index (χ0v) is 8.58. The molecule has 3 rings (SSSR count). The van der Waals surface area contributed by atoms with Gasteiger partial charge in [0.1, 0.15) is 18.0 Å². The van der Waals surface area contributed by atoms with Crippen molar-refractivity contribution in [3.8, 4) is 5.75 Å². The van der Waals surface area contributed by atoms with Gasteiger partial charge in [-0.2, -0.15) is 9.50 Å². The standard InChI is InChI=1S/C10H8N4O3/c15-4-8-12-9-6-3-5(16)1-2-7(6)11-10(17)14(9)13-8/h1-3,15-16H,4H2,(H,12,13). The van der Waals surface area contributed by atoms with Crippen LogP contribution in [0.3, 0.4) is 0 Å². The fourth-order valence-corrected chi connectivity index (χ4v) is 1.74. The number of phenols is 1. The molecule has 3 N–H and O–H groups in total. The highest BCUT2D eigenvalue weighted by Crippen LogP contribution is 2.20. The number of aromatic nitrogens is 4. The van der Waals surface area contributed by atoms with Crippen LogP contribution in [0.1, 0.15) is 5.82 Å². The molecule has 0 fully saturated rings. The van der Waals surface area contributed by atoms with E-state index in [9.17, 15) is 9.90 Å². The normalized spacial score (nSPS) is 11.4. The number of hydrogen-bond acceptors (Lipinski definition) is 5. The Morgan fingerprint density at radius 3 is 3.00 bits per heavy atom. The highest BCUT2D eigenvalue weighted by Gasteiger charge is 2.10. The lowest BCUT2D eigenvalue weighted by molar-refractivity contribution is 0.271. The first kappa shape index (κ1) is 9.79. The minimum Gasteiger partial charge on any atom is -0.508 e. The van der Waals surface area contributed by atoms with Crippen LogP contribution >= 0.6 is 0 Å². The number of nitrogens with one attached hydrogen (secondary N) is 1. The van der Waals surface area contributed by atoms with Crippen molar-refractivity contribution in [2.75, 3.05) is 0 Å². The van der Waals surface area contributed by atoms with Crippen molar-refractivity contribution in [2.45, 2.75) is 6.61 Å². The quantitative estimate of drug-likeness (QED) is 0.537. The number of fused-ring (bicyclic) bond motifs is 3. The Hall–Kier alpha value is -2.41. The van der Waals surface area contributed by atoms with Gasteiger partial charge in [0.15, 0.2) is 5.82 Å². The molecule has 7 nitrogen and oxygen atoms in total. The molecule has 3 aromatic rings. The molecule has 0 bridgehead atoms. The number of aromatic amines is 1. The van der Waals surface area contributed by atoms with Gasteiger partial charge in [-0.15, -0.1) is 5.10 Å². The molecule has 0 aliphatic heterocycles. The zero-order chi connectivity index (χ0) is 12.0. The van der Waals surface area contributed by atoms with E-state index in [2.05, 4.69) is 15.1 Å². The molecule has 7 heteroatoms.